The summed E-state index contributed by atoms with van der Waals surface area (Å²) in [5.74, 6) is 0. The highest BCUT2D eigenvalue weighted by atomic mass is 32.2. The third kappa shape index (κ3) is 11.2. The van der Waals surface area contributed by atoms with Crippen molar-refractivity contribution < 1.29 is 35.0 Å². The molecular formula is C13H27F4NO3S. The van der Waals surface area contributed by atoms with Gasteiger partial charge in [-0.1, -0.05) is 0 Å². The summed E-state index contributed by atoms with van der Waals surface area (Å²) in [6, 6.07) is 0. The van der Waals surface area contributed by atoms with E-state index in [1.165, 1.54) is 30.7 Å². The number of hydrogen-bond donors (Lipinski definition) is 0. The van der Waals surface area contributed by atoms with Crippen LogP contribution in [0.3, 0.4) is 0 Å². The molecule has 0 aliphatic heterocycles. The van der Waals surface area contributed by atoms with Gasteiger partial charge in [0.15, 0.2) is 5.50 Å². The molecule has 0 aromatic rings. The number of hydrogen-bond acceptors (Lipinski definition) is 3. The Balaban J connectivity index is 0. The maximum atomic E-state index is 12.2. The second kappa shape index (κ2) is 10.4. The molecule has 0 amide bonds. The van der Waals surface area contributed by atoms with Gasteiger partial charge in [-0.05, 0) is 40.5 Å². The van der Waals surface area contributed by atoms with Crippen molar-refractivity contribution in [1.29, 1.82) is 0 Å². The Kier molecular flexibility index (Phi) is 11.3. The Bertz CT molecular complexity index is 364. The molecule has 0 spiro atoms. The van der Waals surface area contributed by atoms with E-state index in [1.807, 2.05) is 0 Å². The fraction of sp³-hybridized carbons (Fsp3) is 1.00. The van der Waals surface area contributed by atoms with Crippen molar-refractivity contribution in [2.45, 2.75) is 58.6 Å². The highest BCUT2D eigenvalue weighted by Gasteiger charge is 2.27. The predicted molar refractivity (Wildman–Crippen MR) is 76.9 cm³/mol. The number of alkyl halides is 4. The summed E-state index contributed by atoms with van der Waals surface area (Å²) in [6.07, 6.45) is -7.35. The molecule has 0 radical (unpaired) electrons. The lowest BCUT2D eigenvalue weighted by atomic mass is 10.2. The Labute approximate surface area is 130 Å². The van der Waals surface area contributed by atoms with Crippen LogP contribution < -0.4 is 0 Å². The summed E-state index contributed by atoms with van der Waals surface area (Å²) in [5, 5.41) is 0. The van der Waals surface area contributed by atoms with Gasteiger partial charge in [0.1, 0.15) is 10.1 Å². The van der Waals surface area contributed by atoms with Gasteiger partial charge in [0, 0.05) is 6.42 Å². The van der Waals surface area contributed by atoms with Gasteiger partial charge in [0.25, 0.3) is 0 Å². The molecule has 136 valence electrons. The molecule has 4 nitrogen and oxygen atoms in total. The maximum absolute atomic E-state index is 12.2. The van der Waals surface area contributed by atoms with Crippen molar-refractivity contribution in [3.63, 3.8) is 0 Å². The Morgan fingerprint density at radius 2 is 1.36 bits per heavy atom. The van der Waals surface area contributed by atoms with Gasteiger partial charge in [0.05, 0.1) is 26.2 Å². The van der Waals surface area contributed by atoms with Gasteiger partial charge in [0.2, 0.25) is 0 Å². The molecule has 0 aromatic carbocycles. The Morgan fingerprint density at radius 3 is 1.55 bits per heavy atom. The zero-order chi connectivity index (χ0) is 18.0. The van der Waals surface area contributed by atoms with E-state index in [2.05, 4.69) is 27.7 Å². The highest BCUT2D eigenvalue weighted by molar-refractivity contribution is 7.86. The third-order valence-electron chi connectivity index (χ3n) is 3.89. The number of halogens is 4. The summed E-state index contributed by atoms with van der Waals surface area (Å²) >= 11 is 0. The normalized spacial score (nSPS) is 14.2. The Morgan fingerprint density at radius 1 is 1.00 bits per heavy atom. The first kappa shape index (κ1) is 23.9. The lowest BCUT2D eigenvalue weighted by Crippen LogP contribution is -2.47. The first-order valence-corrected chi connectivity index (χ1v) is 8.85. The second-order valence-corrected chi connectivity index (χ2v) is 6.51. The molecule has 22 heavy (non-hydrogen) atoms. The monoisotopic (exact) mass is 353 g/mol. The molecule has 1 unspecified atom stereocenters. The van der Waals surface area contributed by atoms with Crippen LogP contribution in [-0.4, -0.2) is 55.3 Å². The van der Waals surface area contributed by atoms with E-state index in [0.717, 1.165) is 0 Å². The largest absolute Gasteiger partial charge is 0.746 e. The zero-order valence-electron chi connectivity index (χ0n) is 13.6. The van der Waals surface area contributed by atoms with Crippen LogP contribution in [0.4, 0.5) is 17.6 Å². The molecule has 0 rings (SSSR count). The van der Waals surface area contributed by atoms with Crippen molar-refractivity contribution in [1.82, 2.24) is 0 Å². The van der Waals surface area contributed by atoms with Crippen LogP contribution in [0.15, 0.2) is 0 Å². The fourth-order valence-electron chi connectivity index (χ4n) is 1.95. The maximum Gasteiger partial charge on any atom is 0.389 e. The first-order valence-electron chi connectivity index (χ1n) is 7.38. The first-order chi connectivity index (χ1) is 9.87. The SMILES string of the molecule is CC[N+](CC)(CC)CC.O=S(=O)([O-])C(F)CCCC(F)(F)F. The standard InChI is InChI=1S/C8H20N.C5H8F4O3S/c1-5-9(6-2,7-3)8-4;6-4(13(10,11)12)2-1-3-5(7,8)9/h5-8H2,1-4H3;4H,1-3H2,(H,10,11,12)/q+1;/p-1. The van der Waals surface area contributed by atoms with Crippen LogP contribution in [-0.2, 0) is 10.1 Å². The van der Waals surface area contributed by atoms with Gasteiger partial charge < -0.3 is 9.04 Å². The Hall–Kier alpha value is -0.410. The van der Waals surface area contributed by atoms with E-state index in [1.54, 1.807) is 0 Å². The van der Waals surface area contributed by atoms with E-state index in [9.17, 15) is 30.5 Å². The molecule has 0 aromatic heterocycles. The quantitative estimate of drug-likeness (QED) is 0.382. The second-order valence-electron chi connectivity index (χ2n) is 5.02. The third-order valence-corrected chi connectivity index (χ3v) is 4.75. The zero-order valence-corrected chi connectivity index (χ0v) is 14.4. The van der Waals surface area contributed by atoms with Crippen molar-refractivity contribution in [2.75, 3.05) is 26.2 Å². The fourth-order valence-corrected chi connectivity index (χ4v) is 2.40. The van der Waals surface area contributed by atoms with Crippen LogP contribution in [0.1, 0.15) is 47.0 Å². The van der Waals surface area contributed by atoms with Crippen molar-refractivity contribution >= 4 is 10.1 Å². The molecule has 0 saturated heterocycles. The highest BCUT2D eigenvalue weighted by Crippen LogP contribution is 2.23. The van der Waals surface area contributed by atoms with Gasteiger partial charge in [-0.2, -0.15) is 13.2 Å². The number of nitrogens with zero attached hydrogens (tertiary/aromatic N) is 1. The average Bonchev–Trinajstić information content (AvgIpc) is 2.40. The summed E-state index contributed by atoms with van der Waals surface area (Å²) in [6.45, 7) is 14.2. The number of quaternary nitrogens is 1. The minimum Gasteiger partial charge on any atom is -0.746 e. The predicted octanol–water partition coefficient (Wildman–Crippen LogP) is 3.44. The van der Waals surface area contributed by atoms with E-state index < -0.39 is 41.1 Å². The van der Waals surface area contributed by atoms with E-state index >= 15 is 0 Å². The molecule has 0 bridgehead atoms. The lowest BCUT2D eigenvalue weighted by Gasteiger charge is -2.34. The smallest absolute Gasteiger partial charge is 0.389 e. The van der Waals surface area contributed by atoms with Gasteiger partial charge >= 0.3 is 6.18 Å². The molecule has 0 aliphatic carbocycles. The van der Waals surface area contributed by atoms with Crippen LogP contribution >= 0.6 is 0 Å². The lowest BCUT2D eigenvalue weighted by molar-refractivity contribution is -0.921. The number of rotatable bonds is 8. The summed E-state index contributed by atoms with van der Waals surface area (Å²) < 4.78 is 77.5. The van der Waals surface area contributed by atoms with Crippen LogP contribution in [0, 0.1) is 0 Å². The molecule has 0 saturated carbocycles. The molecule has 9 heteroatoms. The van der Waals surface area contributed by atoms with E-state index in [0.29, 0.717) is 0 Å². The van der Waals surface area contributed by atoms with Crippen molar-refractivity contribution in [3.8, 4) is 0 Å². The molecule has 0 aliphatic rings. The van der Waals surface area contributed by atoms with Gasteiger partial charge in [-0.3, -0.25) is 0 Å². The topological polar surface area (TPSA) is 57.2 Å². The van der Waals surface area contributed by atoms with Crippen LogP contribution in [0.2, 0.25) is 0 Å². The van der Waals surface area contributed by atoms with Crippen LogP contribution in [0.25, 0.3) is 0 Å². The van der Waals surface area contributed by atoms with Gasteiger partial charge in [-0.15, -0.1) is 0 Å². The van der Waals surface area contributed by atoms with E-state index in [4.69, 9.17) is 0 Å². The van der Waals surface area contributed by atoms with E-state index in [-0.39, 0.29) is 0 Å². The molecule has 0 heterocycles. The average molecular weight is 353 g/mol. The minimum atomic E-state index is -5.10. The summed E-state index contributed by atoms with van der Waals surface area (Å²) in [7, 11) is -5.10. The van der Waals surface area contributed by atoms with Crippen molar-refractivity contribution in [2.24, 2.45) is 0 Å². The summed E-state index contributed by atoms with van der Waals surface area (Å²) in [5.41, 5.74) is -2.74. The molecular weight excluding hydrogens is 326 g/mol. The molecule has 0 N–H and O–H groups in total. The molecule has 1 atom stereocenters. The van der Waals surface area contributed by atoms with Crippen LogP contribution in [0.5, 0.6) is 0 Å². The summed E-state index contributed by atoms with van der Waals surface area (Å²) in [4.78, 5) is 0. The van der Waals surface area contributed by atoms with Gasteiger partial charge in [-0.25, -0.2) is 12.8 Å². The molecule has 0 fully saturated rings. The van der Waals surface area contributed by atoms with Crippen molar-refractivity contribution in [3.05, 3.63) is 0 Å². The minimum absolute atomic E-state index is 0.702.